The van der Waals surface area contributed by atoms with E-state index in [0.717, 1.165) is 30.4 Å². The minimum Gasteiger partial charge on any atom is -0.497 e. The lowest BCUT2D eigenvalue weighted by atomic mass is 10.0. The Morgan fingerprint density at radius 1 is 0.766 bits per heavy atom. The summed E-state index contributed by atoms with van der Waals surface area (Å²) in [5.41, 5.74) is 2.75. The zero-order valence-electron chi connectivity index (χ0n) is 26.9. The third-order valence-corrected chi connectivity index (χ3v) is 7.39. The van der Waals surface area contributed by atoms with Crippen molar-refractivity contribution in [3.05, 3.63) is 95.1 Å². The van der Waals surface area contributed by atoms with E-state index in [4.69, 9.17) is 20.0 Å². The van der Waals surface area contributed by atoms with E-state index in [9.17, 15) is 14.4 Å². The topological polar surface area (TPSA) is 165 Å². The molecule has 47 heavy (non-hydrogen) atoms. The summed E-state index contributed by atoms with van der Waals surface area (Å²) in [6.45, 7) is 2.32. The first-order valence-corrected chi connectivity index (χ1v) is 15.7. The first-order valence-electron chi connectivity index (χ1n) is 15.7. The molecule has 2 unspecified atom stereocenters. The summed E-state index contributed by atoms with van der Waals surface area (Å²) >= 11 is 0. The molecule has 0 saturated heterocycles. The molecular weight excluding hydrogens is 606 g/mol. The highest BCUT2D eigenvalue weighted by Gasteiger charge is 2.28. The van der Waals surface area contributed by atoms with Crippen molar-refractivity contribution in [2.75, 3.05) is 26.9 Å². The van der Waals surface area contributed by atoms with Crippen LogP contribution >= 0.6 is 0 Å². The van der Waals surface area contributed by atoms with Gasteiger partial charge in [0.1, 0.15) is 43.4 Å². The van der Waals surface area contributed by atoms with Crippen LogP contribution in [0.1, 0.15) is 48.4 Å². The van der Waals surface area contributed by atoms with Crippen LogP contribution in [0.5, 0.6) is 11.5 Å². The van der Waals surface area contributed by atoms with Gasteiger partial charge in [0, 0.05) is 24.9 Å². The van der Waals surface area contributed by atoms with Crippen molar-refractivity contribution < 1.29 is 44.1 Å². The molecule has 0 radical (unpaired) electrons. The van der Waals surface area contributed by atoms with Gasteiger partial charge in [-0.25, -0.2) is 9.78 Å². The van der Waals surface area contributed by atoms with Crippen molar-refractivity contribution in [2.45, 2.75) is 64.1 Å². The highest BCUT2D eigenvalue weighted by Crippen LogP contribution is 2.22. The van der Waals surface area contributed by atoms with Gasteiger partial charge in [-0.15, -0.1) is 0 Å². The predicted octanol–water partition coefficient (Wildman–Crippen LogP) is 3.86. The maximum Gasteiger partial charge on any atom is 0.243 e. The SMILES string of the molecule is CCCCCNC(=O)C(Cc1ccc(OCCOO)c(COO)c1)NC(=O)C(Cc1ccccc1)NC(=O)Cc1ccc(OC)cc1. The molecular formula is C35H45N3O9. The van der Waals surface area contributed by atoms with Gasteiger partial charge in [-0.1, -0.05) is 68.3 Å². The Balaban J connectivity index is 1.82. The smallest absolute Gasteiger partial charge is 0.243 e. The number of carbonyl (C=O) groups excluding carboxylic acids is 3. The van der Waals surface area contributed by atoms with Gasteiger partial charge in [-0.2, -0.15) is 0 Å². The number of hydrogen-bond acceptors (Lipinski definition) is 9. The number of carbonyl (C=O) groups is 3. The van der Waals surface area contributed by atoms with Crippen LogP contribution in [0, 0.1) is 0 Å². The molecule has 0 fully saturated rings. The monoisotopic (exact) mass is 651 g/mol. The van der Waals surface area contributed by atoms with E-state index in [2.05, 4.69) is 32.6 Å². The molecule has 0 aliphatic carbocycles. The molecule has 0 heterocycles. The Labute approximate surface area is 275 Å². The van der Waals surface area contributed by atoms with E-state index in [-0.39, 0.29) is 50.9 Å². The van der Waals surface area contributed by atoms with Crippen molar-refractivity contribution >= 4 is 17.7 Å². The molecule has 3 aromatic carbocycles. The predicted molar refractivity (Wildman–Crippen MR) is 175 cm³/mol. The van der Waals surface area contributed by atoms with Crippen LogP contribution in [0.25, 0.3) is 0 Å². The van der Waals surface area contributed by atoms with Gasteiger partial charge in [0.15, 0.2) is 0 Å². The van der Waals surface area contributed by atoms with Crippen LogP contribution < -0.4 is 25.4 Å². The maximum atomic E-state index is 13.8. The Hall–Kier alpha value is -4.49. The molecule has 12 heteroatoms. The summed E-state index contributed by atoms with van der Waals surface area (Å²) < 4.78 is 10.8. The van der Waals surface area contributed by atoms with Gasteiger partial charge < -0.3 is 25.4 Å². The van der Waals surface area contributed by atoms with Crippen LogP contribution in [0.15, 0.2) is 72.8 Å². The van der Waals surface area contributed by atoms with E-state index < -0.39 is 18.0 Å². The third-order valence-electron chi connectivity index (χ3n) is 7.39. The van der Waals surface area contributed by atoms with Crippen molar-refractivity contribution in [3.8, 4) is 11.5 Å². The fourth-order valence-electron chi connectivity index (χ4n) is 4.93. The zero-order chi connectivity index (χ0) is 33.9. The lowest BCUT2D eigenvalue weighted by Crippen LogP contribution is -2.55. The molecule has 3 amide bonds. The number of unbranched alkanes of at least 4 members (excludes halogenated alkanes) is 2. The fraction of sp³-hybridized carbons (Fsp3) is 0.400. The molecule has 3 aromatic rings. The second-order valence-corrected chi connectivity index (χ2v) is 11.0. The summed E-state index contributed by atoms with van der Waals surface area (Å²) in [6.07, 6.45) is 3.11. The quantitative estimate of drug-likeness (QED) is 0.0654. The lowest BCUT2D eigenvalue weighted by Gasteiger charge is -2.24. The molecule has 0 saturated carbocycles. The van der Waals surface area contributed by atoms with Crippen molar-refractivity contribution in [2.24, 2.45) is 0 Å². The van der Waals surface area contributed by atoms with Crippen molar-refractivity contribution in [3.63, 3.8) is 0 Å². The molecule has 3 rings (SSSR count). The van der Waals surface area contributed by atoms with Crippen LogP contribution in [0.3, 0.4) is 0 Å². The normalized spacial score (nSPS) is 12.1. The summed E-state index contributed by atoms with van der Waals surface area (Å²) in [5, 5.41) is 26.4. The first-order chi connectivity index (χ1) is 22.9. The molecule has 0 aliphatic rings. The average Bonchev–Trinajstić information content (AvgIpc) is 3.08. The van der Waals surface area contributed by atoms with Crippen molar-refractivity contribution in [1.29, 1.82) is 0 Å². The van der Waals surface area contributed by atoms with Gasteiger partial charge >= 0.3 is 0 Å². The minimum absolute atomic E-state index is 0.0540. The number of amides is 3. The molecule has 254 valence electrons. The summed E-state index contributed by atoms with van der Waals surface area (Å²) in [6, 6.07) is 19.6. The largest absolute Gasteiger partial charge is 0.497 e. The number of nitrogens with one attached hydrogen (secondary N) is 3. The molecule has 5 N–H and O–H groups in total. The van der Waals surface area contributed by atoms with Crippen LogP contribution in [0.2, 0.25) is 0 Å². The average molecular weight is 652 g/mol. The molecule has 12 nitrogen and oxygen atoms in total. The second-order valence-electron chi connectivity index (χ2n) is 11.0. The Morgan fingerprint density at radius 2 is 1.47 bits per heavy atom. The van der Waals surface area contributed by atoms with E-state index in [1.807, 2.05) is 30.3 Å². The van der Waals surface area contributed by atoms with E-state index in [0.29, 0.717) is 29.2 Å². The number of hydrogen-bond donors (Lipinski definition) is 5. The number of rotatable bonds is 21. The van der Waals surface area contributed by atoms with Crippen LogP contribution in [-0.4, -0.2) is 67.2 Å². The molecule has 2 atom stereocenters. The molecule has 0 bridgehead atoms. The number of methoxy groups -OCH3 is 1. The molecule has 0 aliphatic heterocycles. The van der Waals surface area contributed by atoms with Gasteiger partial charge in [-0.05, 0) is 47.4 Å². The van der Waals surface area contributed by atoms with Gasteiger partial charge in [0.25, 0.3) is 0 Å². The number of ether oxygens (including phenoxy) is 2. The van der Waals surface area contributed by atoms with Gasteiger partial charge in [-0.3, -0.25) is 24.9 Å². The molecule has 0 spiro atoms. The zero-order valence-corrected chi connectivity index (χ0v) is 26.9. The summed E-state index contributed by atoms with van der Waals surface area (Å²) in [5.74, 6) is -0.148. The van der Waals surface area contributed by atoms with E-state index in [1.165, 1.54) is 0 Å². The van der Waals surface area contributed by atoms with Crippen molar-refractivity contribution in [1.82, 2.24) is 16.0 Å². The third kappa shape index (κ3) is 13.0. The fourth-order valence-corrected chi connectivity index (χ4v) is 4.93. The Kier molecular flexibility index (Phi) is 16.2. The highest BCUT2D eigenvalue weighted by atomic mass is 17.1. The standard InChI is InChI=1S/C35H45N3O9/c1-3-4-8-17-36-34(40)30(22-27-13-16-32(45-18-19-46-42)28(20-27)24-47-43)38-35(41)31(21-25-9-6-5-7-10-25)37-33(39)23-26-11-14-29(44-2)15-12-26/h5-7,9-16,20,30-31,42-43H,3-4,8,17-19,21-24H2,1-2H3,(H,36,40)(H,37,39)(H,38,41). The van der Waals surface area contributed by atoms with Gasteiger partial charge in [0.05, 0.1) is 13.5 Å². The summed E-state index contributed by atoms with van der Waals surface area (Å²) in [4.78, 5) is 48.8. The molecule has 0 aromatic heterocycles. The van der Waals surface area contributed by atoms with Crippen LogP contribution in [-0.2, 0) is 50.0 Å². The van der Waals surface area contributed by atoms with Crippen LogP contribution in [0.4, 0.5) is 0 Å². The highest BCUT2D eigenvalue weighted by molar-refractivity contribution is 5.92. The second kappa shape index (κ2) is 20.6. The first kappa shape index (κ1) is 37.0. The number of benzene rings is 3. The Bertz CT molecular complexity index is 1390. The minimum atomic E-state index is -0.974. The van der Waals surface area contributed by atoms with E-state index >= 15 is 0 Å². The lowest BCUT2D eigenvalue weighted by molar-refractivity contribution is -0.253. The maximum absolute atomic E-state index is 13.8. The summed E-state index contributed by atoms with van der Waals surface area (Å²) in [7, 11) is 1.57. The Morgan fingerprint density at radius 3 is 2.15 bits per heavy atom. The van der Waals surface area contributed by atoms with Gasteiger partial charge in [0.2, 0.25) is 17.7 Å². The van der Waals surface area contributed by atoms with E-state index in [1.54, 1.807) is 49.6 Å².